The highest BCUT2D eigenvalue weighted by molar-refractivity contribution is 7.13. The Morgan fingerprint density at radius 2 is 2.19 bits per heavy atom. The summed E-state index contributed by atoms with van der Waals surface area (Å²) < 4.78 is 0. The van der Waals surface area contributed by atoms with Gasteiger partial charge in [-0.2, -0.15) is 5.26 Å². The summed E-state index contributed by atoms with van der Waals surface area (Å²) in [5.41, 5.74) is 1.62. The molecule has 0 aliphatic heterocycles. The molecule has 0 atom stereocenters. The second-order valence-corrected chi connectivity index (χ2v) is 4.80. The zero-order valence-corrected chi connectivity index (χ0v) is 10.4. The fourth-order valence-electron chi connectivity index (χ4n) is 1.26. The Hall–Kier alpha value is -1.08. The minimum atomic E-state index is 0.321. The largest absolute Gasteiger partial charge is 0.240 e. The van der Waals surface area contributed by atoms with Gasteiger partial charge in [-0.3, -0.25) is 0 Å². The lowest BCUT2D eigenvalue weighted by Gasteiger charge is -2.00. The van der Waals surface area contributed by atoms with Gasteiger partial charge in [-0.25, -0.2) is 4.98 Å². The van der Waals surface area contributed by atoms with E-state index in [2.05, 4.69) is 11.1 Å². The zero-order valence-electron chi connectivity index (χ0n) is 8.08. The third-order valence-corrected chi connectivity index (χ3v) is 3.45. The average Bonchev–Trinajstić information content (AvgIpc) is 2.67. The van der Waals surface area contributed by atoms with Crippen molar-refractivity contribution in [3.05, 3.63) is 39.3 Å². The number of hydrogen-bond donors (Lipinski definition) is 0. The van der Waals surface area contributed by atoms with Crippen molar-refractivity contribution in [2.75, 3.05) is 0 Å². The van der Waals surface area contributed by atoms with Crippen molar-refractivity contribution in [2.45, 2.75) is 6.42 Å². The van der Waals surface area contributed by atoms with Crippen LogP contribution in [0.25, 0.3) is 10.6 Å². The Balaban J connectivity index is 2.39. The molecule has 0 aliphatic rings. The normalized spacial score (nSPS) is 10.1. The van der Waals surface area contributed by atoms with Crippen molar-refractivity contribution in [3.8, 4) is 16.6 Å². The lowest BCUT2D eigenvalue weighted by Crippen LogP contribution is -1.82. The van der Waals surface area contributed by atoms with Gasteiger partial charge < -0.3 is 0 Å². The molecule has 0 bridgehead atoms. The van der Waals surface area contributed by atoms with Gasteiger partial charge in [0.15, 0.2) is 0 Å². The van der Waals surface area contributed by atoms with Crippen LogP contribution in [0, 0.1) is 11.3 Å². The topological polar surface area (TPSA) is 36.7 Å². The molecule has 16 heavy (non-hydrogen) atoms. The van der Waals surface area contributed by atoms with Gasteiger partial charge in [0.25, 0.3) is 0 Å². The molecule has 1 aromatic carbocycles. The summed E-state index contributed by atoms with van der Waals surface area (Å²) in [4.78, 5) is 4.33. The van der Waals surface area contributed by atoms with Crippen LogP contribution in [-0.4, -0.2) is 4.98 Å². The summed E-state index contributed by atoms with van der Waals surface area (Å²) in [7, 11) is 0. The highest BCUT2D eigenvalue weighted by Crippen LogP contribution is 2.32. The number of hydrogen-bond acceptors (Lipinski definition) is 3. The molecule has 0 radical (unpaired) electrons. The Labute approximate surface area is 107 Å². The first-order valence-electron chi connectivity index (χ1n) is 4.47. The van der Waals surface area contributed by atoms with E-state index in [0.29, 0.717) is 16.5 Å². The summed E-state index contributed by atoms with van der Waals surface area (Å²) in [5.74, 6) is 0. The molecule has 0 unspecified atom stereocenters. The number of rotatable bonds is 2. The van der Waals surface area contributed by atoms with Gasteiger partial charge in [-0.05, 0) is 18.2 Å². The van der Waals surface area contributed by atoms with Gasteiger partial charge in [0.1, 0.15) is 5.01 Å². The molecule has 0 spiro atoms. The summed E-state index contributed by atoms with van der Waals surface area (Å²) in [6.45, 7) is 0. The molecule has 2 nitrogen and oxygen atoms in total. The SMILES string of the molecule is N#CCc1csc(-c2ccc(Cl)cc2Cl)n1. The number of benzene rings is 1. The maximum Gasteiger partial charge on any atom is 0.125 e. The van der Waals surface area contributed by atoms with Crippen LogP contribution in [0.15, 0.2) is 23.6 Å². The number of nitrogens with zero attached hydrogens (tertiary/aromatic N) is 2. The van der Waals surface area contributed by atoms with Crippen molar-refractivity contribution in [1.82, 2.24) is 4.98 Å². The minimum absolute atomic E-state index is 0.321. The summed E-state index contributed by atoms with van der Waals surface area (Å²) in [5, 5.41) is 12.4. The van der Waals surface area contributed by atoms with Crippen LogP contribution in [-0.2, 0) is 6.42 Å². The van der Waals surface area contributed by atoms with Crippen LogP contribution < -0.4 is 0 Å². The molecular weight excluding hydrogens is 263 g/mol. The predicted octanol–water partition coefficient (Wildman–Crippen LogP) is 4.18. The van der Waals surface area contributed by atoms with Gasteiger partial charge in [0, 0.05) is 16.0 Å². The van der Waals surface area contributed by atoms with Crippen molar-refractivity contribution in [1.29, 1.82) is 5.26 Å². The second-order valence-electron chi connectivity index (χ2n) is 3.10. The van der Waals surface area contributed by atoms with E-state index in [1.807, 2.05) is 11.4 Å². The Kier molecular flexibility index (Phi) is 3.45. The second kappa shape index (κ2) is 4.84. The third-order valence-electron chi connectivity index (χ3n) is 1.97. The van der Waals surface area contributed by atoms with Crippen molar-refractivity contribution >= 4 is 34.5 Å². The van der Waals surface area contributed by atoms with Gasteiger partial charge >= 0.3 is 0 Å². The van der Waals surface area contributed by atoms with E-state index < -0.39 is 0 Å². The first kappa shape index (κ1) is 11.4. The van der Waals surface area contributed by atoms with Crippen molar-refractivity contribution < 1.29 is 0 Å². The van der Waals surface area contributed by atoms with E-state index in [1.165, 1.54) is 11.3 Å². The predicted molar refractivity (Wildman–Crippen MR) is 66.9 cm³/mol. The standard InChI is InChI=1S/C11H6Cl2N2S/c12-7-1-2-9(10(13)5-7)11-15-8(3-4-14)6-16-11/h1-2,5-6H,3H2. The smallest absolute Gasteiger partial charge is 0.125 e. The third kappa shape index (κ3) is 2.35. The van der Waals surface area contributed by atoms with E-state index >= 15 is 0 Å². The van der Waals surface area contributed by atoms with Crippen LogP contribution in [0.1, 0.15) is 5.69 Å². The van der Waals surface area contributed by atoms with Crippen LogP contribution in [0.3, 0.4) is 0 Å². The molecule has 5 heteroatoms. The summed E-state index contributed by atoms with van der Waals surface area (Å²) in [6.07, 6.45) is 0.321. The fourth-order valence-corrected chi connectivity index (χ4v) is 2.67. The molecule has 1 heterocycles. The maximum absolute atomic E-state index is 8.56. The Bertz CT molecular complexity index is 557. The first-order valence-corrected chi connectivity index (χ1v) is 6.11. The van der Waals surface area contributed by atoms with E-state index in [9.17, 15) is 0 Å². The maximum atomic E-state index is 8.56. The number of nitriles is 1. The van der Waals surface area contributed by atoms with Crippen LogP contribution in [0.5, 0.6) is 0 Å². The molecule has 1 aromatic heterocycles. The molecule has 0 aliphatic carbocycles. The van der Waals surface area contributed by atoms with E-state index in [1.54, 1.807) is 12.1 Å². The van der Waals surface area contributed by atoms with Gasteiger partial charge in [-0.1, -0.05) is 23.2 Å². The molecular formula is C11H6Cl2N2S. The number of thiazole rings is 1. The van der Waals surface area contributed by atoms with E-state index in [-0.39, 0.29) is 0 Å². The molecule has 0 saturated heterocycles. The van der Waals surface area contributed by atoms with Gasteiger partial charge in [0.2, 0.25) is 0 Å². The molecule has 0 amide bonds. The Morgan fingerprint density at radius 3 is 2.88 bits per heavy atom. The van der Waals surface area contributed by atoms with Crippen molar-refractivity contribution in [2.24, 2.45) is 0 Å². The molecule has 0 N–H and O–H groups in total. The van der Waals surface area contributed by atoms with Crippen molar-refractivity contribution in [3.63, 3.8) is 0 Å². The van der Waals surface area contributed by atoms with Gasteiger partial charge in [-0.15, -0.1) is 11.3 Å². The molecule has 2 aromatic rings. The zero-order chi connectivity index (χ0) is 11.5. The lowest BCUT2D eigenvalue weighted by atomic mass is 10.2. The highest BCUT2D eigenvalue weighted by Gasteiger charge is 2.08. The van der Waals surface area contributed by atoms with Gasteiger partial charge in [0.05, 0.1) is 23.2 Å². The molecule has 0 saturated carbocycles. The Morgan fingerprint density at radius 1 is 1.38 bits per heavy atom. The number of halogens is 2. The van der Waals surface area contributed by atoms with Crippen LogP contribution in [0.2, 0.25) is 10.0 Å². The van der Waals surface area contributed by atoms with Crippen LogP contribution >= 0.6 is 34.5 Å². The quantitative estimate of drug-likeness (QED) is 0.819. The molecule has 0 fully saturated rings. The minimum Gasteiger partial charge on any atom is -0.240 e. The average molecular weight is 269 g/mol. The number of aromatic nitrogens is 1. The van der Waals surface area contributed by atoms with Crippen LogP contribution in [0.4, 0.5) is 0 Å². The molecule has 2 rings (SSSR count). The highest BCUT2D eigenvalue weighted by atomic mass is 35.5. The first-order chi connectivity index (χ1) is 7.70. The van der Waals surface area contributed by atoms with E-state index in [4.69, 9.17) is 28.5 Å². The fraction of sp³-hybridized carbons (Fsp3) is 0.0909. The summed E-state index contributed by atoms with van der Waals surface area (Å²) >= 11 is 13.4. The lowest BCUT2D eigenvalue weighted by molar-refractivity contribution is 1.16. The van der Waals surface area contributed by atoms with E-state index in [0.717, 1.165) is 16.3 Å². The molecule has 80 valence electrons. The monoisotopic (exact) mass is 268 g/mol. The summed E-state index contributed by atoms with van der Waals surface area (Å²) in [6, 6.07) is 7.35.